The minimum Gasteiger partial charge on any atom is -0.324 e. The molecule has 0 saturated carbocycles. The SMILES string of the molecule is CCC(C)[C@H](N)c1cc(Br)ccc1Cl.Cl. The topological polar surface area (TPSA) is 26.0 Å². The van der Waals surface area contributed by atoms with Gasteiger partial charge in [-0.25, -0.2) is 0 Å². The summed E-state index contributed by atoms with van der Waals surface area (Å²) in [5.41, 5.74) is 7.14. The Kier molecular flexibility index (Phi) is 6.85. The molecule has 0 saturated heterocycles. The molecule has 0 aliphatic rings. The lowest BCUT2D eigenvalue weighted by Crippen LogP contribution is -2.18. The number of benzene rings is 1. The average Bonchev–Trinajstić information content (AvgIpc) is 2.19. The number of rotatable bonds is 3. The maximum atomic E-state index is 6.11. The molecule has 2 atom stereocenters. The number of hydrogen-bond donors (Lipinski definition) is 1. The van der Waals surface area contributed by atoms with Crippen molar-refractivity contribution in [3.63, 3.8) is 0 Å². The predicted molar refractivity (Wildman–Crippen MR) is 72.8 cm³/mol. The fourth-order valence-corrected chi connectivity index (χ4v) is 1.95. The second-order valence-corrected chi connectivity index (χ2v) is 4.90. The van der Waals surface area contributed by atoms with E-state index in [2.05, 4.69) is 29.8 Å². The van der Waals surface area contributed by atoms with Crippen molar-refractivity contribution in [2.75, 3.05) is 0 Å². The molecule has 15 heavy (non-hydrogen) atoms. The van der Waals surface area contributed by atoms with Crippen LogP contribution in [0.3, 0.4) is 0 Å². The Morgan fingerprint density at radius 3 is 2.60 bits per heavy atom. The normalized spacial score (nSPS) is 14.2. The Balaban J connectivity index is 0.00000196. The molecule has 0 heterocycles. The van der Waals surface area contributed by atoms with Gasteiger partial charge in [0.2, 0.25) is 0 Å². The van der Waals surface area contributed by atoms with Gasteiger partial charge in [0.1, 0.15) is 0 Å². The van der Waals surface area contributed by atoms with E-state index in [0.717, 1.165) is 21.5 Å². The third kappa shape index (κ3) is 3.95. The van der Waals surface area contributed by atoms with E-state index < -0.39 is 0 Å². The molecule has 4 heteroatoms. The average molecular weight is 313 g/mol. The van der Waals surface area contributed by atoms with Gasteiger partial charge in [-0.3, -0.25) is 0 Å². The standard InChI is InChI=1S/C11H15BrClN.ClH/c1-3-7(2)11(14)9-6-8(12)4-5-10(9)13;/h4-7,11H,3,14H2,1-2H3;1H/t7?,11-;/m0./s1. The van der Waals surface area contributed by atoms with E-state index in [-0.39, 0.29) is 18.4 Å². The highest BCUT2D eigenvalue weighted by molar-refractivity contribution is 9.10. The molecule has 0 radical (unpaired) electrons. The second kappa shape index (κ2) is 6.74. The first-order chi connectivity index (χ1) is 6.56. The molecule has 1 rings (SSSR count). The fraction of sp³-hybridized carbons (Fsp3) is 0.455. The van der Waals surface area contributed by atoms with Gasteiger partial charge in [0.25, 0.3) is 0 Å². The zero-order valence-corrected chi connectivity index (χ0v) is 12.0. The molecular weight excluding hydrogens is 297 g/mol. The van der Waals surface area contributed by atoms with Gasteiger partial charge in [-0.15, -0.1) is 12.4 Å². The molecule has 1 aromatic carbocycles. The van der Waals surface area contributed by atoms with Gasteiger partial charge < -0.3 is 5.73 Å². The Morgan fingerprint density at radius 1 is 1.47 bits per heavy atom. The van der Waals surface area contributed by atoms with Crippen molar-refractivity contribution in [3.8, 4) is 0 Å². The second-order valence-electron chi connectivity index (χ2n) is 3.58. The van der Waals surface area contributed by atoms with Gasteiger partial charge in [-0.2, -0.15) is 0 Å². The van der Waals surface area contributed by atoms with Gasteiger partial charge in [-0.05, 0) is 29.7 Å². The van der Waals surface area contributed by atoms with Gasteiger partial charge in [0.15, 0.2) is 0 Å². The highest BCUT2D eigenvalue weighted by atomic mass is 79.9. The van der Waals surface area contributed by atoms with E-state index in [1.165, 1.54) is 0 Å². The summed E-state index contributed by atoms with van der Waals surface area (Å²) < 4.78 is 1.02. The fourth-order valence-electron chi connectivity index (χ4n) is 1.33. The quantitative estimate of drug-likeness (QED) is 0.869. The number of nitrogens with two attached hydrogens (primary N) is 1. The summed E-state index contributed by atoms with van der Waals surface area (Å²) in [5.74, 6) is 0.446. The molecule has 0 amide bonds. The first-order valence-corrected chi connectivity index (χ1v) is 5.94. The predicted octanol–water partition coefficient (Wildman–Crippen LogP) is 4.57. The van der Waals surface area contributed by atoms with Gasteiger partial charge in [0.05, 0.1) is 0 Å². The van der Waals surface area contributed by atoms with E-state index in [1.807, 2.05) is 18.2 Å². The molecular formula is C11H16BrCl2N. The van der Waals surface area contributed by atoms with E-state index >= 15 is 0 Å². The number of hydrogen-bond acceptors (Lipinski definition) is 1. The van der Waals surface area contributed by atoms with E-state index in [9.17, 15) is 0 Å². The van der Waals surface area contributed by atoms with Gasteiger partial charge in [0, 0.05) is 15.5 Å². The van der Waals surface area contributed by atoms with Gasteiger partial charge >= 0.3 is 0 Å². The van der Waals surface area contributed by atoms with Gasteiger partial charge in [-0.1, -0.05) is 47.8 Å². The van der Waals surface area contributed by atoms with Crippen molar-refractivity contribution in [1.82, 2.24) is 0 Å². The minimum absolute atomic E-state index is 0. The Bertz CT molecular complexity index is 317. The van der Waals surface area contributed by atoms with Crippen LogP contribution >= 0.6 is 39.9 Å². The molecule has 0 aromatic heterocycles. The summed E-state index contributed by atoms with van der Waals surface area (Å²) in [7, 11) is 0. The minimum atomic E-state index is 0. The first-order valence-electron chi connectivity index (χ1n) is 4.76. The molecule has 0 aliphatic heterocycles. The lowest BCUT2D eigenvalue weighted by molar-refractivity contribution is 0.457. The summed E-state index contributed by atoms with van der Waals surface area (Å²) in [4.78, 5) is 0. The Morgan fingerprint density at radius 2 is 2.07 bits per heavy atom. The highest BCUT2D eigenvalue weighted by Gasteiger charge is 2.16. The smallest absolute Gasteiger partial charge is 0.0454 e. The molecule has 0 spiro atoms. The van der Waals surface area contributed by atoms with Crippen molar-refractivity contribution in [2.45, 2.75) is 26.3 Å². The van der Waals surface area contributed by atoms with E-state index in [1.54, 1.807) is 0 Å². The molecule has 0 fully saturated rings. The molecule has 1 aromatic rings. The zero-order valence-electron chi connectivity index (χ0n) is 8.84. The Hall–Kier alpha value is 0.240. The molecule has 1 nitrogen and oxygen atoms in total. The zero-order chi connectivity index (χ0) is 10.7. The lowest BCUT2D eigenvalue weighted by Gasteiger charge is -2.20. The summed E-state index contributed by atoms with van der Waals surface area (Å²) >= 11 is 9.51. The highest BCUT2D eigenvalue weighted by Crippen LogP contribution is 2.30. The van der Waals surface area contributed by atoms with Crippen LogP contribution in [-0.2, 0) is 0 Å². The van der Waals surface area contributed by atoms with Crippen LogP contribution in [0, 0.1) is 5.92 Å². The molecule has 2 N–H and O–H groups in total. The molecule has 1 unspecified atom stereocenters. The van der Waals surface area contributed by atoms with Crippen LogP contribution in [0.25, 0.3) is 0 Å². The van der Waals surface area contributed by atoms with Crippen LogP contribution in [0.4, 0.5) is 0 Å². The number of halogens is 3. The third-order valence-corrected chi connectivity index (χ3v) is 3.41. The van der Waals surface area contributed by atoms with Crippen molar-refractivity contribution >= 4 is 39.9 Å². The van der Waals surface area contributed by atoms with Crippen LogP contribution in [0.5, 0.6) is 0 Å². The molecule has 86 valence electrons. The monoisotopic (exact) mass is 311 g/mol. The summed E-state index contributed by atoms with van der Waals surface area (Å²) in [5, 5.41) is 0.751. The van der Waals surface area contributed by atoms with Crippen LogP contribution in [-0.4, -0.2) is 0 Å². The van der Waals surface area contributed by atoms with Crippen molar-refractivity contribution in [1.29, 1.82) is 0 Å². The van der Waals surface area contributed by atoms with Crippen LogP contribution in [0.1, 0.15) is 31.9 Å². The largest absolute Gasteiger partial charge is 0.324 e. The van der Waals surface area contributed by atoms with Crippen molar-refractivity contribution < 1.29 is 0 Å². The molecule has 0 aliphatic carbocycles. The van der Waals surface area contributed by atoms with E-state index in [0.29, 0.717) is 5.92 Å². The summed E-state index contributed by atoms with van der Waals surface area (Å²) in [6.07, 6.45) is 1.06. The van der Waals surface area contributed by atoms with E-state index in [4.69, 9.17) is 17.3 Å². The maximum absolute atomic E-state index is 6.11. The third-order valence-electron chi connectivity index (χ3n) is 2.57. The Labute approximate surface area is 111 Å². The van der Waals surface area contributed by atoms with Crippen LogP contribution in [0.2, 0.25) is 5.02 Å². The van der Waals surface area contributed by atoms with Crippen molar-refractivity contribution in [2.24, 2.45) is 11.7 Å². The molecule has 0 bridgehead atoms. The van der Waals surface area contributed by atoms with Crippen molar-refractivity contribution in [3.05, 3.63) is 33.3 Å². The lowest BCUT2D eigenvalue weighted by atomic mass is 9.93. The first kappa shape index (κ1) is 15.2. The maximum Gasteiger partial charge on any atom is 0.0454 e. The van der Waals surface area contributed by atoms with Crippen LogP contribution in [0.15, 0.2) is 22.7 Å². The van der Waals surface area contributed by atoms with Crippen LogP contribution < -0.4 is 5.73 Å². The summed E-state index contributed by atoms with van der Waals surface area (Å²) in [6, 6.07) is 5.82. The summed E-state index contributed by atoms with van der Waals surface area (Å²) in [6.45, 7) is 4.28.